The van der Waals surface area contributed by atoms with Crippen LogP contribution >= 0.6 is 11.6 Å². The average molecular weight is 181 g/mol. The summed E-state index contributed by atoms with van der Waals surface area (Å²) in [6.07, 6.45) is 1.31. The molecule has 1 heteroatoms. The molecule has 0 saturated heterocycles. The molecule has 2 rings (SSSR count). The number of halogens is 1. The SMILES string of the molecule is Cc1cccc(C2CC2C)c1Cl. The van der Waals surface area contributed by atoms with Crippen LogP contribution in [0.1, 0.15) is 30.4 Å². The Labute approximate surface area is 78.6 Å². The molecule has 0 amide bonds. The fraction of sp³-hybridized carbons (Fsp3) is 0.455. The standard InChI is InChI=1S/C11H13Cl/c1-7-4-3-5-9(11(7)12)10-6-8(10)2/h3-5,8,10H,6H2,1-2H3. The Morgan fingerprint density at radius 3 is 2.67 bits per heavy atom. The van der Waals surface area contributed by atoms with E-state index in [0.29, 0.717) is 0 Å². The van der Waals surface area contributed by atoms with Crippen molar-refractivity contribution in [3.63, 3.8) is 0 Å². The lowest BCUT2D eigenvalue weighted by atomic mass is 10.1. The lowest BCUT2D eigenvalue weighted by Gasteiger charge is -2.04. The molecule has 0 aromatic heterocycles. The van der Waals surface area contributed by atoms with Gasteiger partial charge in [0, 0.05) is 5.02 Å². The largest absolute Gasteiger partial charge is 0.0837 e. The minimum Gasteiger partial charge on any atom is -0.0837 e. The van der Waals surface area contributed by atoms with Crippen molar-refractivity contribution in [1.82, 2.24) is 0 Å². The van der Waals surface area contributed by atoms with Crippen LogP contribution in [0.25, 0.3) is 0 Å². The number of aryl methyl sites for hydroxylation is 1. The lowest BCUT2D eigenvalue weighted by Crippen LogP contribution is -1.85. The van der Waals surface area contributed by atoms with Gasteiger partial charge in [0.2, 0.25) is 0 Å². The molecule has 0 heterocycles. The van der Waals surface area contributed by atoms with E-state index in [9.17, 15) is 0 Å². The summed E-state index contributed by atoms with van der Waals surface area (Å²) < 4.78 is 0. The van der Waals surface area contributed by atoms with E-state index in [4.69, 9.17) is 11.6 Å². The van der Waals surface area contributed by atoms with Gasteiger partial charge in [0.05, 0.1) is 0 Å². The Morgan fingerprint density at radius 1 is 1.42 bits per heavy atom. The second-order valence-corrected chi connectivity index (χ2v) is 4.18. The first kappa shape index (κ1) is 8.12. The van der Waals surface area contributed by atoms with Gasteiger partial charge in [-0.1, -0.05) is 36.7 Å². The second kappa shape index (κ2) is 2.77. The van der Waals surface area contributed by atoms with Crippen LogP contribution in [0, 0.1) is 12.8 Å². The van der Waals surface area contributed by atoms with E-state index in [0.717, 1.165) is 16.9 Å². The van der Waals surface area contributed by atoms with E-state index < -0.39 is 0 Å². The molecule has 0 spiro atoms. The molecular formula is C11H13Cl. The molecule has 0 aliphatic heterocycles. The minimum atomic E-state index is 0.734. The summed E-state index contributed by atoms with van der Waals surface area (Å²) in [5.41, 5.74) is 2.55. The van der Waals surface area contributed by atoms with Crippen LogP contribution in [-0.4, -0.2) is 0 Å². The third-order valence-electron chi connectivity index (χ3n) is 2.73. The Morgan fingerprint density at radius 2 is 2.08 bits per heavy atom. The summed E-state index contributed by atoms with van der Waals surface area (Å²) in [6, 6.07) is 6.32. The minimum absolute atomic E-state index is 0.734. The van der Waals surface area contributed by atoms with Crippen LogP contribution in [0.4, 0.5) is 0 Å². The molecule has 2 unspecified atom stereocenters. The van der Waals surface area contributed by atoms with Crippen molar-refractivity contribution in [2.75, 3.05) is 0 Å². The van der Waals surface area contributed by atoms with Crippen molar-refractivity contribution in [2.45, 2.75) is 26.2 Å². The van der Waals surface area contributed by atoms with Crippen LogP contribution < -0.4 is 0 Å². The molecule has 0 radical (unpaired) electrons. The van der Waals surface area contributed by atoms with E-state index >= 15 is 0 Å². The number of rotatable bonds is 1. The highest BCUT2D eigenvalue weighted by atomic mass is 35.5. The van der Waals surface area contributed by atoms with E-state index in [-0.39, 0.29) is 0 Å². The predicted molar refractivity (Wildman–Crippen MR) is 52.7 cm³/mol. The first-order chi connectivity index (χ1) is 5.70. The molecule has 12 heavy (non-hydrogen) atoms. The zero-order chi connectivity index (χ0) is 8.72. The summed E-state index contributed by atoms with van der Waals surface area (Å²) in [7, 11) is 0. The van der Waals surface area contributed by atoms with Crippen LogP contribution in [0.15, 0.2) is 18.2 Å². The Hall–Kier alpha value is -0.490. The maximum absolute atomic E-state index is 6.19. The quantitative estimate of drug-likeness (QED) is 0.617. The second-order valence-electron chi connectivity index (χ2n) is 3.80. The summed E-state index contributed by atoms with van der Waals surface area (Å²) in [4.78, 5) is 0. The van der Waals surface area contributed by atoms with Crippen LogP contribution in [-0.2, 0) is 0 Å². The molecule has 0 N–H and O–H groups in total. The Bertz CT molecular complexity index is 304. The van der Waals surface area contributed by atoms with E-state index in [1.54, 1.807) is 0 Å². The molecule has 64 valence electrons. The third-order valence-corrected chi connectivity index (χ3v) is 3.25. The maximum atomic E-state index is 6.19. The highest BCUT2D eigenvalue weighted by molar-refractivity contribution is 6.32. The van der Waals surface area contributed by atoms with Gasteiger partial charge in [0.15, 0.2) is 0 Å². The smallest absolute Gasteiger partial charge is 0.0470 e. The Kier molecular flexibility index (Phi) is 1.88. The van der Waals surface area contributed by atoms with E-state index in [1.165, 1.54) is 17.5 Å². The third kappa shape index (κ3) is 1.25. The number of benzene rings is 1. The van der Waals surface area contributed by atoms with E-state index in [1.807, 2.05) is 0 Å². The summed E-state index contributed by atoms with van der Waals surface area (Å²) in [5, 5.41) is 0.979. The van der Waals surface area contributed by atoms with Crippen molar-refractivity contribution < 1.29 is 0 Å². The first-order valence-electron chi connectivity index (χ1n) is 4.45. The van der Waals surface area contributed by atoms with Gasteiger partial charge in [-0.3, -0.25) is 0 Å². The highest BCUT2D eigenvalue weighted by Crippen LogP contribution is 2.49. The fourth-order valence-electron chi connectivity index (χ4n) is 1.71. The van der Waals surface area contributed by atoms with Crippen LogP contribution in [0.3, 0.4) is 0 Å². The summed E-state index contributed by atoms with van der Waals surface area (Å²) in [5.74, 6) is 1.57. The fourth-order valence-corrected chi connectivity index (χ4v) is 1.98. The zero-order valence-corrected chi connectivity index (χ0v) is 8.23. The van der Waals surface area contributed by atoms with Gasteiger partial charge in [0.25, 0.3) is 0 Å². The number of hydrogen-bond donors (Lipinski definition) is 0. The topological polar surface area (TPSA) is 0 Å². The van der Waals surface area contributed by atoms with Crippen LogP contribution in [0.2, 0.25) is 5.02 Å². The average Bonchev–Trinajstić information content (AvgIpc) is 2.73. The van der Waals surface area contributed by atoms with Gasteiger partial charge in [-0.15, -0.1) is 0 Å². The van der Waals surface area contributed by atoms with Gasteiger partial charge in [-0.2, -0.15) is 0 Å². The molecule has 1 saturated carbocycles. The van der Waals surface area contributed by atoms with Gasteiger partial charge in [-0.05, 0) is 36.3 Å². The molecule has 1 aliphatic rings. The highest BCUT2D eigenvalue weighted by Gasteiger charge is 2.35. The van der Waals surface area contributed by atoms with Gasteiger partial charge >= 0.3 is 0 Å². The van der Waals surface area contributed by atoms with Crippen molar-refractivity contribution in [1.29, 1.82) is 0 Å². The molecule has 0 bridgehead atoms. The molecule has 1 aromatic rings. The molecular weight excluding hydrogens is 168 g/mol. The first-order valence-corrected chi connectivity index (χ1v) is 4.83. The molecule has 2 atom stereocenters. The molecule has 1 aromatic carbocycles. The van der Waals surface area contributed by atoms with Crippen molar-refractivity contribution in [3.05, 3.63) is 34.3 Å². The molecule has 0 nitrogen and oxygen atoms in total. The zero-order valence-electron chi connectivity index (χ0n) is 7.47. The maximum Gasteiger partial charge on any atom is 0.0470 e. The number of hydrogen-bond acceptors (Lipinski definition) is 0. The molecule has 1 aliphatic carbocycles. The van der Waals surface area contributed by atoms with Crippen molar-refractivity contribution >= 4 is 11.6 Å². The normalized spacial score (nSPS) is 27.2. The van der Waals surface area contributed by atoms with E-state index in [2.05, 4.69) is 32.0 Å². The summed E-state index contributed by atoms with van der Waals surface area (Å²) in [6.45, 7) is 4.35. The van der Waals surface area contributed by atoms with Crippen molar-refractivity contribution in [3.8, 4) is 0 Å². The Balaban J connectivity index is 2.38. The van der Waals surface area contributed by atoms with Crippen LogP contribution in [0.5, 0.6) is 0 Å². The van der Waals surface area contributed by atoms with Gasteiger partial charge < -0.3 is 0 Å². The molecule has 1 fully saturated rings. The summed E-state index contributed by atoms with van der Waals surface area (Å²) >= 11 is 6.19. The predicted octanol–water partition coefficient (Wildman–Crippen LogP) is 3.77. The monoisotopic (exact) mass is 180 g/mol. The van der Waals surface area contributed by atoms with Crippen molar-refractivity contribution in [2.24, 2.45) is 5.92 Å². The van der Waals surface area contributed by atoms with Gasteiger partial charge in [0.1, 0.15) is 0 Å². The lowest BCUT2D eigenvalue weighted by molar-refractivity contribution is 0.914. The van der Waals surface area contributed by atoms with Gasteiger partial charge in [-0.25, -0.2) is 0 Å².